The first kappa shape index (κ1) is 17.0. The summed E-state index contributed by atoms with van der Waals surface area (Å²) in [5.41, 5.74) is 0.372. The van der Waals surface area contributed by atoms with Crippen molar-refractivity contribution in [3.63, 3.8) is 0 Å². The maximum Gasteiger partial charge on any atom is 0.152 e. The average molecular weight is 289 g/mol. The van der Waals surface area contributed by atoms with Crippen molar-refractivity contribution in [3.05, 3.63) is 0 Å². The molecule has 2 atom stereocenters. The second-order valence-electron chi connectivity index (χ2n) is 7.19. The van der Waals surface area contributed by atoms with Crippen LogP contribution in [-0.2, 0) is 9.84 Å². The zero-order valence-electron chi connectivity index (χ0n) is 13.2. The van der Waals surface area contributed by atoms with Crippen LogP contribution in [0.2, 0.25) is 0 Å². The van der Waals surface area contributed by atoms with Crippen LogP contribution in [0.3, 0.4) is 0 Å². The molecule has 4 heteroatoms. The first-order valence-electron chi connectivity index (χ1n) is 7.54. The van der Waals surface area contributed by atoms with Gasteiger partial charge in [0.25, 0.3) is 0 Å². The number of sulfone groups is 1. The van der Waals surface area contributed by atoms with Crippen LogP contribution in [0.5, 0.6) is 0 Å². The molecule has 0 radical (unpaired) electrons. The molecule has 1 saturated carbocycles. The van der Waals surface area contributed by atoms with Gasteiger partial charge in [-0.05, 0) is 70.4 Å². The minimum atomic E-state index is -2.89. The van der Waals surface area contributed by atoms with Crippen LogP contribution in [0.15, 0.2) is 0 Å². The Kier molecular flexibility index (Phi) is 5.87. The predicted octanol–water partition coefficient (Wildman–Crippen LogP) is 2.86. The number of hydrogen-bond donors (Lipinski definition) is 1. The summed E-state index contributed by atoms with van der Waals surface area (Å²) >= 11 is 0. The lowest BCUT2D eigenvalue weighted by molar-refractivity contribution is 0.115. The van der Waals surface area contributed by atoms with Crippen LogP contribution in [0, 0.1) is 17.3 Å². The van der Waals surface area contributed by atoms with Crippen LogP contribution in [0.25, 0.3) is 0 Å². The van der Waals surface area contributed by atoms with Crippen molar-refractivity contribution in [1.29, 1.82) is 0 Å². The Balaban J connectivity index is 2.65. The average Bonchev–Trinajstić information content (AvgIpc) is 2.29. The van der Waals surface area contributed by atoms with E-state index in [2.05, 4.69) is 19.2 Å². The Bertz CT molecular complexity index is 374. The zero-order valence-corrected chi connectivity index (χ0v) is 14.0. The van der Waals surface area contributed by atoms with Gasteiger partial charge in [-0.25, -0.2) is 8.42 Å². The third-order valence-corrected chi connectivity index (χ3v) is 6.87. The summed E-state index contributed by atoms with van der Waals surface area (Å²) < 4.78 is 24.0. The molecular formula is C15H31NO2S. The number of nitrogens with one attached hydrogen (secondary N) is 1. The van der Waals surface area contributed by atoms with E-state index in [1.54, 1.807) is 13.8 Å². The van der Waals surface area contributed by atoms with Gasteiger partial charge in [0.2, 0.25) is 0 Å². The monoisotopic (exact) mass is 289 g/mol. The highest BCUT2D eigenvalue weighted by atomic mass is 32.2. The van der Waals surface area contributed by atoms with Gasteiger partial charge >= 0.3 is 0 Å². The third kappa shape index (κ3) is 5.07. The van der Waals surface area contributed by atoms with Crippen LogP contribution < -0.4 is 5.32 Å². The second kappa shape index (κ2) is 6.57. The molecule has 114 valence electrons. The summed E-state index contributed by atoms with van der Waals surface area (Å²) in [5, 5.41) is 3.02. The fraction of sp³-hybridized carbons (Fsp3) is 1.00. The molecular weight excluding hydrogens is 258 g/mol. The molecule has 0 aromatic carbocycles. The van der Waals surface area contributed by atoms with Gasteiger partial charge in [0.15, 0.2) is 9.84 Å². The first-order valence-corrected chi connectivity index (χ1v) is 9.25. The fourth-order valence-electron chi connectivity index (χ4n) is 3.21. The van der Waals surface area contributed by atoms with Gasteiger partial charge in [0.05, 0.1) is 11.0 Å². The molecule has 0 heterocycles. The van der Waals surface area contributed by atoms with Crippen LogP contribution >= 0.6 is 0 Å². The standard InChI is InChI=1S/C15H31NO2S/c1-12(2)19(17,18)9-7-13-10-15(3,4)8-6-14(13)11-16-5/h12-14,16H,6-11H2,1-5H3. The lowest BCUT2D eigenvalue weighted by atomic mass is 9.66. The minimum Gasteiger partial charge on any atom is -0.319 e. The lowest BCUT2D eigenvalue weighted by Gasteiger charge is -2.41. The molecule has 0 aromatic rings. The summed E-state index contributed by atoms with van der Waals surface area (Å²) in [6.45, 7) is 9.21. The highest BCUT2D eigenvalue weighted by molar-refractivity contribution is 7.91. The molecule has 0 bridgehead atoms. The summed E-state index contributed by atoms with van der Waals surface area (Å²) in [7, 11) is -0.906. The van der Waals surface area contributed by atoms with Gasteiger partial charge in [-0.15, -0.1) is 0 Å². The molecule has 1 N–H and O–H groups in total. The summed E-state index contributed by atoms with van der Waals surface area (Å²) in [5.74, 6) is 1.54. The van der Waals surface area contributed by atoms with Gasteiger partial charge in [0, 0.05) is 0 Å². The molecule has 0 aromatic heterocycles. The third-order valence-electron chi connectivity index (χ3n) is 4.63. The lowest BCUT2D eigenvalue weighted by Crippen LogP contribution is -2.36. The van der Waals surface area contributed by atoms with Crippen molar-refractivity contribution in [2.45, 2.75) is 58.6 Å². The molecule has 1 fully saturated rings. The Hall–Kier alpha value is -0.0900. The Morgan fingerprint density at radius 3 is 2.42 bits per heavy atom. The molecule has 0 amide bonds. The number of rotatable bonds is 6. The predicted molar refractivity (Wildman–Crippen MR) is 82.1 cm³/mol. The van der Waals surface area contributed by atoms with E-state index in [0.717, 1.165) is 19.4 Å². The van der Waals surface area contributed by atoms with Gasteiger partial charge in [-0.2, -0.15) is 0 Å². The van der Waals surface area contributed by atoms with Crippen LogP contribution in [0.4, 0.5) is 0 Å². The maximum atomic E-state index is 12.0. The van der Waals surface area contributed by atoms with E-state index in [4.69, 9.17) is 0 Å². The van der Waals surface area contributed by atoms with Gasteiger partial charge in [0.1, 0.15) is 0 Å². The van der Waals surface area contributed by atoms with Gasteiger partial charge in [-0.3, -0.25) is 0 Å². The summed E-state index contributed by atoms with van der Waals surface area (Å²) in [6, 6.07) is 0. The zero-order chi connectivity index (χ0) is 14.7. The van der Waals surface area contributed by atoms with E-state index in [9.17, 15) is 8.42 Å². The van der Waals surface area contributed by atoms with Crippen LogP contribution in [0.1, 0.15) is 53.4 Å². The SMILES string of the molecule is CNCC1CCC(C)(C)CC1CCS(=O)(=O)C(C)C. The summed E-state index contributed by atoms with van der Waals surface area (Å²) in [6.07, 6.45) is 4.47. The van der Waals surface area contributed by atoms with Crippen molar-refractivity contribution in [1.82, 2.24) is 5.32 Å². The van der Waals surface area contributed by atoms with E-state index in [0.29, 0.717) is 23.0 Å². The normalized spacial score (nSPS) is 27.7. The molecule has 3 nitrogen and oxygen atoms in total. The second-order valence-corrected chi connectivity index (χ2v) is 9.87. The quantitative estimate of drug-likeness (QED) is 0.818. The maximum absolute atomic E-state index is 12.0. The molecule has 0 spiro atoms. The molecule has 1 rings (SSSR count). The highest BCUT2D eigenvalue weighted by Gasteiger charge is 2.35. The molecule has 1 aliphatic rings. The van der Waals surface area contributed by atoms with E-state index in [-0.39, 0.29) is 5.25 Å². The van der Waals surface area contributed by atoms with E-state index < -0.39 is 9.84 Å². The molecule has 0 saturated heterocycles. The topological polar surface area (TPSA) is 46.2 Å². The Morgan fingerprint density at radius 1 is 1.26 bits per heavy atom. The van der Waals surface area contributed by atoms with E-state index in [1.165, 1.54) is 12.8 Å². The molecule has 19 heavy (non-hydrogen) atoms. The van der Waals surface area contributed by atoms with Crippen molar-refractivity contribution in [3.8, 4) is 0 Å². The van der Waals surface area contributed by atoms with Gasteiger partial charge in [-0.1, -0.05) is 13.8 Å². The van der Waals surface area contributed by atoms with Crippen molar-refractivity contribution < 1.29 is 8.42 Å². The van der Waals surface area contributed by atoms with Crippen LogP contribution in [-0.4, -0.2) is 33.0 Å². The molecule has 0 aliphatic heterocycles. The van der Waals surface area contributed by atoms with E-state index in [1.807, 2.05) is 7.05 Å². The Morgan fingerprint density at radius 2 is 1.89 bits per heavy atom. The Labute approximate surface area is 119 Å². The van der Waals surface area contributed by atoms with Gasteiger partial charge < -0.3 is 5.32 Å². The number of hydrogen-bond acceptors (Lipinski definition) is 3. The summed E-state index contributed by atoms with van der Waals surface area (Å²) in [4.78, 5) is 0. The van der Waals surface area contributed by atoms with Crippen molar-refractivity contribution in [2.24, 2.45) is 17.3 Å². The van der Waals surface area contributed by atoms with Crippen molar-refractivity contribution >= 4 is 9.84 Å². The first-order chi connectivity index (χ1) is 8.68. The van der Waals surface area contributed by atoms with Crippen molar-refractivity contribution in [2.75, 3.05) is 19.3 Å². The highest BCUT2D eigenvalue weighted by Crippen LogP contribution is 2.43. The van der Waals surface area contributed by atoms with E-state index >= 15 is 0 Å². The largest absolute Gasteiger partial charge is 0.319 e. The molecule has 1 aliphatic carbocycles. The minimum absolute atomic E-state index is 0.244. The smallest absolute Gasteiger partial charge is 0.152 e. The molecule has 2 unspecified atom stereocenters. The fourth-order valence-corrected chi connectivity index (χ4v) is 4.31.